The zero-order valence-electron chi connectivity index (χ0n) is 13.3. The SMILES string of the molecule is CC=CC=CC(=O)NCc1ccc(OC2CCCCC2)cc1. The van der Waals surface area contributed by atoms with Gasteiger partial charge in [-0.25, -0.2) is 0 Å². The molecule has 3 nitrogen and oxygen atoms in total. The molecule has 0 atom stereocenters. The second-order valence-corrected chi connectivity index (χ2v) is 5.62. The fourth-order valence-electron chi connectivity index (χ4n) is 2.56. The molecule has 1 aromatic carbocycles. The maximum atomic E-state index is 11.6. The summed E-state index contributed by atoms with van der Waals surface area (Å²) in [5.41, 5.74) is 1.07. The fraction of sp³-hybridized carbons (Fsp3) is 0.421. The van der Waals surface area contributed by atoms with E-state index in [1.807, 2.05) is 43.3 Å². The minimum Gasteiger partial charge on any atom is -0.490 e. The second-order valence-electron chi connectivity index (χ2n) is 5.62. The van der Waals surface area contributed by atoms with E-state index in [-0.39, 0.29) is 5.91 Å². The highest BCUT2D eigenvalue weighted by molar-refractivity contribution is 5.87. The van der Waals surface area contributed by atoms with Gasteiger partial charge in [-0.1, -0.05) is 36.8 Å². The molecule has 1 aliphatic rings. The minimum atomic E-state index is -0.0827. The number of benzene rings is 1. The summed E-state index contributed by atoms with van der Waals surface area (Å²) >= 11 is 0. The standard InChI is InChI=1S/C19H25NO2/c1-2-3-5-10-19(21)20-15-16-11-13-18(14-12-16)22-17-8-6-4-7-9-17/h2-3,5,10-14,17H,4,6-9,15H2,1H3,(H,20,21). The van der Waals surface area contributed by atoms with Crippen LogP contribution < -0.4 is 10.1 Å². The summed E-state index contributed by atoms with van der Waals surface area (Å²) in [5, 5.41) is 2.86. The first-order valence-corrected chi connectivity index (χ1v) is 8.10. The molecule has 0 radical (unpaired) electrons. The number of carbonyl (C=O) groups excluding carboxylic acids is 1. The quantitative estimate of drug-likeness (QED) is 0.633. The van der Waals surface area contributed by atoms with Crippen molar-refractivity contribution in [2.75, 3.05) is 0 Å². The van der Waals surface area contributed by atoms with Crippen molar-refractivity contribution in [3.63, 3.8) is 0 Å². The van der Waals surface area contributed by atoms with Crippen LogP contribution in [-0.2, 0) is 11.3 Å². The zero-order valence-corrected chi connectivity index (χ0v) is 13.3. The number of hydrogen-bond donors (Lipinski definition) is 1. The van der Waals surface area contributed by atoms with Crippen LogP contribution in [0.4, 0.5) is 0 Å². The molecular weight excluding hydrogens is 274 g/mol. The van der Waals surface area contributed by atoms with Crippen LogP contribution in [-0.4, -0.2) is 12.0 Å². The third-order valence-corrected chi connectivity index (χ3v) is 3.80. The largest absolute Gasteiger partial charge is 0.490 e. The Labute approximate surface area is 133 Å². The molecule has 0 heterocycles. The van der Waals surface area contributed by atoms with Gasteiger partial charge in [0, 0.05) is 12.6 Å². The number of hydrogen-bond acceptors (Lipinski definition) is 2. The van der Waals surface area contributed by atoms with Crippen LogP contribution in [0.15, 0.2) is 48.6 Å². The molecule has 22 heavy (non-hydrogen) atoms. The van der Waals surface area contributed by atoms with Crippen molar-refractivity contribution in [3.05, 3.63) is 54.1 Å². The van der Waals surface area contributed by atoms with E-state index < -0.39 is 0 Å². The third kappa shape index (κ3) is 5.76. The lowest BCUT2D eigenvalue weighted by molar-refractivity contribution is -0.116. The van der Waals surface area contributed by atoms with Crippen molar-refractivity contribution in [2.24, 2.45) is 0 Å². The van der Waals surface area contributed by atoms with Crippen molar-refractivity contribution in [2.45, 2.75) is 51.7 Å². The number of allylic oxidation sites excluding steroid dienone is 3. The first-order valence-electron chi connectivity index (χ1n) is 8.10. The molecule has 2 rings (SSSR count). The molecular formula is C19H25NO2. The minimum absolute atomic E-state index is 0.0827. The Kier molecular flexibility index (Phi) is 6.75. The van der Waals surface area contributed by atoms with Gasteiger partial charge in [-0.3, -0.25) is 4.79 Å². The normalized spacial score (nSPS) is 16.2. The zero-order chi connectivity index (χ0) is 15.6. The van der Waals surface area contributed by atoms with Gasteiger partial charge in [0.15, 0.2) is 0 Å². The number of carbonyl (C=O) groups is 1. The van der Waals surface area contributed by atoms with Crippen molar-refractivity contribution >= 4 is 5.91 Å². The Morgan fingerprint density at radius 1 is 1.18 bits per heavy atom. The Balaban J connectivity index is 1.77. The van der Waals surface area contributed by atoms with Crippen LogP contribution >= 0.6 is 0 Å². The molecule has 1 aromatic rings. The van der Waals surface area contributed by atoms with E-state index in [1.54, 1.807) is 6.08 Å². The van der Waals surface area contributed by atoms with Crippen molar-refractivity contribution in [1.82, 2.24) is 5.32 Å². The highest BCUT2D eigenvalue weighted by Gasteiger charge is 2.14. The number of ether oxygens (including phenoxy) is 1. The fourth-order valence-corrected chi connectivity index (χ4v) is 2.56. The third-order valence-electron chi connectivity index (χ3n) is 3.80. The van der Waals surface area contributed by atoms with Crippen LogP contribution in [0.3, 0.4) is 0 Å². The van der Waals surface area contributed by atoms with Gasteiger partial charge in [0.05, 0.1) is 6.10 Å². The van der Waals surface area contributed by atoms with Gasteiger partial charge in [-0.15, -0.1) is 0 Å². The van der Waals surface area contributed by atoms with Gasteiger partial charge in [-0.05, 0) is 50.3 Å². The highest BCUT2D eigenvalue weighted by atomic mass is 16.5. The molecule has 1 amide bonds. The van der Waals surface area contributed by atoms with Gasteiger partial charge >= 0.3 is 0 Å². The maximum absolute atomic E-state index is 11.6. The van der Waals surface area contributed by atoms with E-state index in [0.29, 0.717) is 12.6 Å². The lowest BCUT2D eigenvalue weighted by atomic mass is 9.98. The predicted molar refractivity (Wildman–Crippen MR) is 89.7 cm³/mol. The molecule has 1 aliphatic carbocycles. The molecule has 0 aliphatic heterocycles. The van der Waals surface area contributed by atoms with Crippen LogP contribution in [0.1, 0.15) is 44.6 Å². The van der Waals surface area contributed by atoms with Gasteiger partial charge in [0.25, 0.3) is 0 Å². The van der Waals surface area contributed by atoms with Crippen LogP contribution in [0.2, 0.25) is 0 Å². The molecule has 1 N–H and O–H groups in total. The molecule has 0 spiro atoms. The summed E-state index contributed by atoms with van der Waals surface area (Å²) in [6.07, 6.45) is 13.6. The lowest BCUT2D eigenvalue weighted by Crippen LogP contribution is -2.20. The Bertz CT molecular complexity index is 511. The number of rotatable bonds is 6. The van der Waals surface area contributed by atoms with Crippen molar-refractivity contribution < 1.29 is 9.53 Å². The van der Waals surface area contributed by atoms with E-state index in [1.165, 1.54) is 25.3 Å². The average Bonchev–Trinajstić information content (AvgIpc) is 2.55. The molecule has 3 heteroatoms. The van der Waals surface area contributed by atoms with Crippen molar-refractivity contribution in [1.29, 1.82) is 0 Å². The molecule has 0 unspecified atom stereocenters. The second kappa shape index (κ2) is 9.08. The summed E-state index contributed by atoms with van der Waals surface area (Å²) in [4.78, 5) is 11.6. The van der Waals surface area contributed by atoms with Gasteiger partial charge in [-0.2, -0.15) is 0 Å². The molecule has 0 aromatic heterocycles. The van der Waals surface area contributed by atoms with E-state index in [9.17, 15) is 4.79 Å². The molecule has 1 saturated carbocycles. The summed E-state index contributed by atoms with van der Waals surface area (Å²) in [5.74, 6) is 0.843. The van der Waals surface area contributed by atoms with Crippen LogP contribution in [0, 0.1) is 0 Å². The predicted octanol–water partition coefficient (Wildman–Crippen LogP) is 4.15. The van der Waals surface area contributed by atoms with Crippen LogP contribution in [0.25, 0.3) is 0 Å². The smallest absolute Gasteiger partial charge is 0.244 e. The van der Waals surface area contributed by atoms with E-state index in [4.69, 9.17) is 4.74 Å². The van der Waals surface area contributed by atoms with E-state index in [0.717, 1.165) is 24.2 Å². The average molecular weight is 299 g/mol. The molecule has 0 bridgehead atoms. The van der Waals surface area contributed by atoms with E-state index >= 15 is 0 Å². The summed E-state index contributed by atoms with van der Waals surface area (Å²) in [6, 6.07) is 8.00. The van der Waals surface area contributed by atoms with Crippen LogP contribution in [0.5, 0.6) is 5.75 Å². The number of nitrogens with one attached hydrogen (secondary N) is 1. The van der Waals surface area contributed by atoms with Crippen molar-refractivity contribution in [3.8, 4) is 5.75 Å². The van der Waals surface area contributed by atoms with Gasteiger partial charge in [0.1, 0.15) is 5.75 Å². The molecule has 0 saturated heterocycles. The van der Waals surface area contributed by atoms with Gasteiger partial charge in [0.2, 0.25) is 5.91 Å². The van der Waals surface area contributed by atoms with E-state index in [2.05, 4.69) is 5.32 Å². The Morgan fingerprint density at radius 2 is 1.91 bits per heavy atom. The lowest BCUT2D eigenvalue weighted by Gasteiger charge is -2.23. The molecule has 118 valence electrons. The monoisotopic (exact) mass is 299 g/mol. The van der Waals surface area contributed by atoms with Gasteiger partial charge < -0.3 is 10.1 Å². The first kappa shape index (κ1) is 16.3. The highest BCUT2D eigenvalue weighted by Crippen LogP contribution is 2.23. The first-order chi connectivity index (χ1) is 10.8. The topological polar surface area (TPSA) is 38.3 Å². The summed E-state index contributed by atoms with van der Waals surface area (Å²) in [7, 11) is 0. The Hall–Kier alpha value is -2.03. The molecule has 1 fully saturated rings. The maximum Gasteiger partial charge on any atom is 0.244 e. The Morgan fingerprint density at radius 3 is 2.59 bits per heavy atom. The summed E-state index contributed by atoms with van der Waals surface area (Å²) in [6.45, 7) is 2.45. The number of amides is 1. The summed E-state index contributed by atoms with van der Waals surface area (Å²) < 4.78 is 6.00.